The van der Waals surface area contributed by atoms with Crippen molar-refractivity contribution in [3.63, 3.8) is 0 Å². The summed E-state index contributed by atoms with van der Waals surface area (Å²) in [5.41, 5.74) is 7.44. The van der Waals surface area contributed by atoms with Gasteiger partial charge in [-0.05, 0) is 53.7 Å². The van der Waals surface area contributed by atoms with Crippen molar-refractivity contribution in [2.45, 2.75) is 13.0 Å². The van der Waals surface area contributed by atoms with Crippen LogP contribution >= 0.6 is 0 Å². The Morgan fingerprint density at radius 2 is 2.13 bits per heavy atom. The predicted octanol–water partition coefficient (Wildman–Crippen LogP) is 3.99. The van der Waals surface area contributed by atoms with Crippen LogP contribution in [0, 0.1) is 17.7 Å². The maximum Gasteiger partial charge on any atom is 0.317 e. The maximum atomic E-state index is 14.1. The molecule has 2 aromatic heterocycles. The number of nitrogens with zero attached hydrogens (tertiary/aromatic N) is 3. The number of aromatic amines is 1. The molecule has 2 aliphatic heterocycles. The summed E-state index contributed by atoms with van der Waals surface area (Å²) in [6, 6.07) is 6.99. The van der Waals surface area contributed by atoms with E-state index < -0.39 is 0 Å². The van der Waals surface area contributed by atoms with Crippen molar-refractivity contribution in [1.82, 2.24) is 20.2 Å². The van der Waals surface area contributed by atoms with Gasteiger partial charge in [-0.1, -0.05) is 6.08 Å². The molecule has 1 aliphatic carbocycles. The lowest BCUT2D eigenvalue weighted by Gasteiger charge is -2.21. The number of pyridine rings is 1. The molecule has 2 atom stereocenters. The molecule has 1 saturated heterocycles. The van der Waals surface area contributed by atoms with Gasteiger partial charge in [0, 0.05) is 67.8 Å². The van der Waals surface area contributed by atoms with Gasteiger partial charge in [-0.15, -0.1) is 0 Å². The van der Waals surface area contributed by atoms with Crippen LogP contribution in [0.5, 0.6) is 0 Å². The summed E-state index contributed by atoms with van der Waals surface area (Å²) in [5, 5.41) is 3.82. The third kappa shape index (κ3) is 2.69. The molecule has 7 heteroatoms. The van der Waals surface area contributed by atoms with Gasteiger partial charge in [0.2, 0.25) is 0 Å². The number of benzene rings is 1. The van der Waals surface area contributed by atoms with Gasteiger partial charge in [-0.2, -0.15) is 0 Å². The molecular formula is C24H24FN5O. The Balaban J connectivity index is 1.45. The Kier molecular flexibility index (Phi) is 3.91. The third-order valence-electron chi connectivity index (χ3n) is 7.06. The number of anilines is 1. The summed E-state index contributed by atoms with van der Waals surface area (Å²) in [4.78, 5) is 24.3. The normalized spacial score (nSPS) is 21.7. The Morgan fingerprint density at radius 3 is 2.94 bits per heavy atom. The van der Waals surface area contributed by atoms with Crippen LogP contribution in [0.25, 0.3) is 27.7 Å². The van der Waals surface area contributed by atoms with E-state index in [2.05, 4.69) is 33.3 Å². The first-order valence-corrected chi connectivity index (χ1v) is 10.7. The van der Waals surface area contributed by atoms with Gasteiger partial charge < -0.3 is 20.1 Å². The smallest absolute Gasteiger partial charge is 0.317 e. The fourth-order valence-electron chi connectivity index (χ4n) is 5.64. The van der Waals surface area contributed by atoms with Crippen LogP contribution in [0.15, 0.2) is 36.5 Å². The monoisotopic (exact) mass is 417 g/mol. The zero-order valence-electron chi connectivity index (χ0n) is 17.6. The molecule has 158 valence electrons. The van der Waals surface area contributed by atoms with Crippen LogP contribution in [0.2, 0.25) is 0 Å². The van der Waals surface area contributed by atoms with E-state index in [-0.39, 0.29) is 11.8 Å². The third-order valence-corrected chi connectivity index (χ3v) is 7.06. The van der Waals surface area contributed by atoms with Gasteiger partial charge >= 0.3 is 6.03 Å². The predicted molar refractivity (Wildman–Crippen MR) is 119 cm³/mol. The lowest BCUT2D eigenvalue weighted by atomic mass is 9.97. The number of carbonyl (C=O) groups is 1. The van der Waals surface area contributed by atoms with Crippen molar-refractivity contribution < 1.29 is 9.18 Å². The fourth-order valence-corrected chi connectivity index (χ4v) is 5.64. The number of amides is 2. The molecule has 4 heterocycles. The molecule has 2 N–H and O–H groups in total. The highest BCUT2D eigenvalue weighted by Gasteiger charge is 2.39. The van der Waals surface area contributed by atoms with E-state index >= 15 is 0 Å². The summed E-state index contributed by atoms with van der Waals surface area (Å²) in [6.07, 6.45) is 5.07. The Bertz CT molecular complexity index is 1260. The molecule has 2 unspecified atom stereocenters. The van der Waals surface area contributed by atoms with E-state index in [1.165, 1.54) is 17.2 Å². The van der Waals surface area contributed by atoms with Crippen LogP contribution in [0.4, 0.5) is 14.9 Å². The zero-order valence-corrected chi connectivity index (χ0v) is 17.6. The molecule has 3 aromatic rings. The van der Waals surface area contributed by atoms with Crippen molar-refractivity contribution in [3.8, 4) is 11.1 Å². The molecule has 0 spiro atoms. The second-order valence-corrected chi connectivity index (χ2v) is 8.86. The van der Waals surface area contributed by atoms with Gasteiger partial charge in [-0.3, -0.25) is 0 Å². The SMILES string of the molecule is CNC(=O)N1CC2C=C(c3[nH]c4nccc5c4c3CN(C)c3ccc(F)cc3-5)CC2C1. The van der Waals surface area contributed by atoms with Gasteiger partial charge in [0.25, 0.3) is 0 Å². The molecule has 0 bridgehead atoms. The summed E-state index contributed by atoms with van der Waals surface area (Å²) >= 11 is 0. The first-order valence-electron chi connectivity index (χ1n) is 10.7. The van der Waals surface area contributed by atoms with E-state index in [1.807, 2.05) is 17.0 Å². The van der Waals surface area contributed by atoms with Gasteiger partial charge in [0.05, 0.1) is 0 Å². The maximum absolute atomic E-state index is 14.1. The average molecular weight is 417 g/mol. The fraction of sp³-hybridized carbons (Fsp3) is 0.333. The summed E-state index contributed by atoms with van der Waals surface area (Å²) < 4.78 is 14.1. The minimum Gasteiger partial charge on any atom is -0.370 e. The van der Waals surface area contributed by atoms with Crippen molar-refractivity contribution in [1.29, 1.82) is 0 Å². The lowest BCUT2D eigenvalue weighted by Crippen LogP contribution is -2.36. The second-order valence-electron chi connectivity index (χ2n) is 8.86. The number of aromatic nitrogens is 2. The summed E-state index contributed by atoms with van der Waals surface area (Å²) in [7, 11) is 3.73. The zero-order chi connectivity index (χ0) is 21.3. The number of fused-ring (bicyclic) bond motifs is 3. The van der Waals surface area contributed by atoms with Crippen molar-refractivity contribution >= 4 is 28.3 Å². The minimum absolute atomic E-state index is 0.00186. The first kappa shape index (κ1) is 18.4. The Morgan fingerprint density at radius 1 is 1.26 bits per heavy atom. The molecule has 1 aromatic carbocycles. The lowest BCUT2D eigenvalue weighted by molar-refractivity contribution is 0.209. The minimum atomic E-state index is -0.233. The van der Waals surface area contributed by atoms with Gasteiger partial charge in [-0.25, -0.2) is 14.2 Å². The highest BCUT2D eigenvalue weighted by molar-refractivity contribution is 6.02. The van der Waals surface area contributed by atoms with Crippen LogP contribution in [-0.4, -0.2) is 48.1 Å². The van der Waals surface area contributed by atoms with Crippen molar-refractivity contribution in [2.24, 2.45) is 11.8 Å². The highest BCUT2D eigenvalue weighted by Crippen LogP contribution is 2.46. The number of hydrogen-bond acceptors (Lipinski definition) is 3. The topological polar surface area (TPSA) is 64.3 Å². The number of hydrogen-bond donors (Lipinski definition) is 2. The van der Waals surface area contributed by atoms with Gasteiger partial charge in [0.15, 0.2) is 0 Å². The van der Waals surface area contributed by atoms with Crippen molar-refractivity contribution in [3.05, 3.63) is 53.6 Å². The molecular weight excluding hydrogens is 393 g/mol. The molecule has 31 heavy (non-hydrogen) atoms. The van der Waals surface area contributed by atoms with Crippen molar-refractivity contribution in [2.75, 3.05) is 32.1 Å². The van der Waals surface area contributed by atoms with E-state index in [4.69, 9.17) is 0 Å². The number of urea groups is 1. The number of allylic oxidation sites excluding steroid dienone is 1. The molecule has 1 fully saturated rings. The quantitative estimate of drug-likeness (QED) is 0.629. The molecule has 0 saturated carbocycles. The first-order chi connectivity index (χ1) is 15.0. The molecule has 0 radical (unpaired) electrons. The van der Waals surface area contributed by atoms with Crippen LogP contribution in [0.3, 0.4) is 0 Å². The second kappa shape index (κ2) is 6.57. The number of H-pyrrole nitrogens is 1. The Hall–Kier alpha value is -3.35. The van der Waals surface area contributed by atoms with Crippen LogP contribution in [0.1, 0.15) is 17.7 Å². The highest BCUT2D eigenvalue weighted by atomic mass is 19.1. The molecule has 6 nitrogen and oxygen atoms in total. The van der Waals surface area contributed by atoms with E-state index in [9.17, 15) is 9.18 Å². The number of likely N-dealkylation sites (tertiary alicyclic amines) is 1. The molecule has 2 amide bonds. The van der Waals surface area contributed by atoms with E-state index in [1.54, 1.807) is 19.3 Å². The Labute approximate surface area is 179 Å². The summed E-state index contributed by atoms with van der Waals surface area (Å²) in [6.45, 7) is 2.27. The summed E-state index contributed by atoms with van der Waals surface area (Å²) in [5.74, 6) is 0.601. The number of halogens is 1. The van der Waals surface area contributed by atoms with E-state index in [0.717, 1.165) is 59.6 Å². The molecule has 3 aliphatic rings. The van der Waals surface area contributed by atoms with E-state index in [0.29, 0.717) is 11.8 Å². The van der Waals surface area contributed by atoms with Crippen LogP contribution in [-0.2, 0) is 6.54 Å². The number of carbonyl (C=O) groups excluding carboxylic acids is 1. The van der Waals surface area contributed by atoms with Crippen LogP contribution < -0.4 is 10.2 Å². The standard InChI is InChI=1S/C24H24FN5O/c1-26-24(31)30-10-14-7-13(8-15(14)11-30)22-19-12-29(2)20-4-3-16(25)9-18(20)17-5-6-27-23(28-22)21(17)19/h3-7,9,14-15H,8,10-12H2,1-2H3,(H,26,31)(H,27,28). The molecule has 6 rings (SSSR count). The average Bonchev–Trinajstić information content (AvgIpc) is 3.42. The van der Waals surface area contributed by atoms with Gasteiger partial charge in [0.1, 0.15) is 11.5 Å². The largest absolute Gasteiger partial charge is 0.370 e. The number of nitrogens with one attached hydrogen (secondary N) is 2. The number of rotatable bonds is 1.